The molecule has 0 aliphatic carbocycles. The maximum absolute atomic E-state index is 10.6. The fourth-order valence-corrected chi connectivity index (χ4v) is 0.586. The topological polar surface area (TPSA) is 81.4 Å². The molecule has 0 aliphatic rings. The molecular weight excluding hydrogens is 232 g/mol. The molecule has 0 saturated heterocycles. The van der Waals surface area contributed by atoms with Crippen LogP contribution < -0.4 is 11.2 Å². The smallest absolute Gasteiger partial charge is 0.269 e. The van der Waals surface area contributed by atoms with Gasteiger partial charge in [0.25, 0.3) is 5.91 Å². The summed E-state index contributed by atoms with van der Waals surface area (Å²) in [6, 6.07) is 0. The van der Waals surface area contributed by atoms with Crippen molar-refractivity contribution >= 4 is 11.8 Å². The lowest BCUT2D eigenvalue weighted by Gasteiger charge is -2.00. The number of nitrogens with one attached hydrogen (secondary N) is 1. The Morgan fingerprint density at radius 2 is 1.94 bits per heavy atom. The molecule has 0 aromatic rings. The van der Waals surface area contributed by atoms with Gasteiger partial charge in [-0.1, -0.05) is 18.7 Å². The Balaban J connectivity index is 0. The minimum absolute atomic E-state index is 0.267. The van der Waals surface area contributed by atoms with Crippen molar-refractivity contribution < 1.29 is 14.4 Å². The van der Waals surface area contributed by atoms with E-state index in [0.29, 0.717) is 24.2 Å². The Kier molecular flexibility index (Phi) is 11.9. The number of nitrogens with two attached hydrogens (primary N) is 1. The highest BCUT2D eigenvalue weighted by Gasteiger charge is 1.97. The number of amides is 2. The van der Waals surface area contributed by atoms with Crippen molar-refractivity contribution in [3.05, 3.63) is 36.5 Å². The van der Waals surface area contributed by atoms with E-state index in [0.717, 1.165) is 0 Å². The van der Waals surface area contributed by atoms with Crippen molar-refractivity contribution in [2.45, 2.75) is 27.2 Å². The number of hydroxylamine groups is 1. The van der Waals surface area contributed by atoms with Crippen LogP contribution in [0.2, 0.25) is 0 Å². The molecule has 0 spiro atoms. The Hall–Kier alpha value is -1.88. The van der Waals surface area contributed by atoms with Crippen molar-refractivity contribution in [2.75, 3.05) is 6.61 Å². The van der Waals surface area contributed by atoms with Gasteiger partial charge in [-0.25, -0.2) is 5.48 Å². The van der Waals surface area contributed by atoms with Crippen molar-refractivity contribution in [1.29, 1.82) is 0 Å². The first-order valence-electron chi connectivity index (χ1n) is 5.51. The van der Waals surface area contributed by atoms with Crippen LogP contribution in [0.4, 0.5) is 0 Å². The second kappa shape index (κ2) is 11.6. The summed E-state index contributed by atoms with van der Waals surface area (Å²) in [5.41, 5.74) is 8.17. The SMILES string of the molecule is C=C(C)C(=O)NOCC.C=CCC=C(C)C(N)=O. The predicted octanol–water partition coefficient (Wildman–Crippen LogP) is 1.62. The summed E-state index contributed by atoms with van der Waals surface area (Å²) in [7, 11) is 0. The van der Waals surface area contributed by atoms with Gasteiger partial charge in [-0.3, -0.25) is 14.4 Å². The fraction of sp³-hybridized carbons (Fsp3) is 0.385. The molecule has 5 nitrogen and oxygen atoms in total. The van der Waals surface area contributed by atoms with E-state index in [1.165, 1.54) is 0 Å². The summed E-state index contributed by atoms with van der Waals surface area (Å²) in [5.74, 6) is -0.631. The van der Waals surface area contributed by atoms with Gasteiger partial charge >= 0.3 is 0 Å². The molecule has 0 bridgehead atoms. The van der Waals surface area contributed by atoms with E-state index in [1.807, 2.05) is 0 Å². The van der Waals surface area contributed by atoms with Crippen molar-refractivity contribution in [3.63, 3.8) is 0 Å². The molecule has 2 amide bonds. The monoisotopic (exact) mass is 254 g/mol. The molecular formula is C13H22N2O3. The lowest BCUT2D eigenvalue weighted by Crippen LogP contribution is -2.23. The third kappa shape index (κ3) is 12.2. The molecule has 0 rings (SSSR count). The first-order chi connectivity index (χ1) is 8.36. The summed E-state index contributed by atoms with van der Waals surface area (Å²) in [6.07, 6.45) is 4.16. The normalized spacial score (nSPS) is 9.83. The molecule has 0 saturated carbocycles. The number of carbonyl (C=O) groups is 2. The molecule has 18 heavy (non-hydrogen) atoms. The van der Waals surface area contributed by atoms with Crippen LogP contribution in [0.1, 0.15) is 27.2 Å². The number of rotatable bonds is 6. The number of primary amides is 1. The van der Waals surface area contributed by atoms with Gasteiger partial charge in [-0.15, -0.1) is 6.58 Å². The van der Waals surface area contributed by atoms with Gasteiger partial charge in [-0.2, -0.15) is 0 Å². The zero-order valence-electron chi connectivity index (χ0n) is 11.3. The van der Waals surface area contributed by atoms with Crippen LogP contribution in [0.15, 0.2) is 36.5 Å². The first kappa shape index (κ1) is 18.5. The summed E-state index contributed by atoms with van der Waals surface area (Å²) < 4.78 is 0. The summed E-state index contributed by atoms with van der Waals surface area (Å²) in [5, 5.41) is 0. The maximum atomic E-state index is 10.6. The van der Waals surface area contributed by atoms with Gasteiger partial charge in [0, 0.05) is 11.1 Å². The van der Waals surface area contributed by atoms with Crippen molar-refractivity contribution in [1.82, 2.24) is 5.48 Å². The van der Waals surface area contributed by atoms with Crippen LogP contribution in [0, 0.1) is 0 Å². The van der Waals surface area contributed by atoms with Crippen LogP contribution in [0.3, 0.4) is 0 Å². The molecule has 0 aromatic heterocycles. The van der Waals surface area contributed by atoms with E-state index in [1.54, 1.807) is 32.9 Å². The largest absolute Gasteiger partial charge is 0.366 e. The maximum Gasteiger partial charge on any atom is 0.269 e. The van der Waals surface area contributed by atoms with Crippen LogP contribution in [0.5, 0.6) is 0 Å². The van der Waals surface area contributed by atoms with E-state index in [4.69, 9.17) is 5.73 Å². The average molecular weight is 254 g/mol. The number of carbonyl (C=O) groups excluding carboxylic acids is 2. The van der Waals surface area contributed by atoms with E-state index in [2.05, 4.69) is 23.5 Å². The van der Waals surface area contributed by atoms with Crippen LogP contribution in [-0.2, 0) is 14.4 Å². The average Bonchev–Trinajstić information content (AvgIpc) is 2.33. The lowest BCUT2D eigenvalue weighted by atomic mass is 10.2. The Morgan fingerprint density at radius 1 is 1.39 bits per heavy atom. The minimum atomic E-state index is -0.364. The van der Waals surface area contributed by atoms with Gasteiger partial charge in [0.15, 0.2) is 0 Å². The fourth-order valence-electron chi connectivity index (χ4n) is 0.586. The molecule has 0 heterocycles. The van der Waals surface area contributed by atoms with Crippen LogP contribution in [-0.4, -0.2) is 18.4 Å². The number of hydrogen-bond donors (Lipinski definition) is 2. The van der Waals surface area contributed by atoms with Gasteiger partial charge in [-0.05, 0) is 27.2 Å². The molecule has 0 unspecified atom stereocenters. The highest BCUT2D eigenvalue weighted by molar-refractivity contribution is 5.91. The van der Waals surface area contributed by atoms with E-state index >= 15 is 0 Å². The number of allylic oxidation sites excluding steroid dienone is 2. The van der Waals surface area contributed by atoms with Crippen molar-refractivity contribution in [2.24, 2.45) is 5.73 Å². The molecule has 0 atom stereocenters. The second-order valence-corrected chi connectivity index (χ2v) is 3.42. The van der Waals surface area contributed by atoms with E-state index < -0.39 is 0 Å². The summed E-state index contributed by atoms with van der Waals surface area (Å²) in [4.78, 5) is 25.5. The minimum Gasteiger partial charge on any atom is -0.366 e. The lowest BCUT2D eigenvalue weighted by molar-refractivity contribution is -0.129. The summed E-state index contributed by atoms with van der Waals surface area (Å²) >= 11 is 0. The first-order valence-corrected chi connectivity index (χ1v) is 5.51. The molecule has 102 valence electrons. The molecule has 3 N–H and O–H groups in total. The van der Waals surface area contributed by atoms with Gasteiger partial charge < -0.3 is 5.73 Å². The van der Waals surface area contributed by atoms with Crippen molar-refractivity contribution in [3.8, 4) is 0 Å². The molecule has 0 aliphatic heterocycles. The van der Waals surface area contributed by atoms with E-state index in [-0.39, 0.29) is 11.8 Å². The zero-order chi connectivity index (χ0) is 14.6. The Bertz CT molecular complexity index is 333. The Morgan fingerprint density at radius 3 is 2.28 bits per heavy atom. The quantitative estimate of drug-likeness (QED) is 0.429. The van der Waals surface area contributed by atoms with Gasteiger partial charge in [0.05, 0.1) is 6.61 Å². The van der Waals surface area contributed by atoms with Gasteiger partial charge in [0.1, 0.15) is 0 Å². The molecule has 0 aromatic carbocycles. The number of hydrogen-bond acceptors (Lipinski definition) is 3. The summed E-state index contributed by atoms with van der Waals surface area (Å²) in [6.45, 7) is 12.5. The molecule has 0 radical (unpaired) electrons. The van der Waals surface area contributed by atoms with Crippen LogP contribution in [0.25, 0.3) is 0 Å². The zero-order valence-corrected chi connectivity index (χ0v) is 11.3. The second-order valence-electron chi connectivity index (χ2n) is 3.42. The predicted molar refractivity (Wildman–Crippen MR) is 72.3 cm³/mol. The highest BCUT2D eigenvalue weighted by Crippen LogP contribution is 1.92. The molecule has 5 heteroatoms. The van der Waals surface area contributed by atoms with Gasteiger partial charge in [0.2, 0.25) is 5.91 Å². The third-order valence-electron chi connectivity index (χ3n) is 1.68. The Labute approximate surface area is 108 Å². The molecule has 0 fully saturated rings. The van der Waals surface area contributed by atoms with E-state index in [9.17, 15) is 9.59 Å². The van der Waals surface area contributed by atoms with Crippen LogP contribution >= 0.6 is 0 Å². The highest BCUT2D eigenvalue weighted by atomic mass is 16.6. The standard InChI is InChI=1S/C7H11NO.C6H11NO2/c1-3-4-5-6(2)7(8)9;1-4-9-7-6(8)5(2)3/h3,5H,1,4H2,2H3,(H2,8,9);2,4H2,1,3H3,(H,7,8). The third-order valence-corrected chi connectivity index (χ3v) is 1.68.